The molecule has 2 aliphatic rings. The molecule has 0 spiro atoms. The predicted octanol–water partition coefficient (Wildman–Crippen LogP) is 3.72. The number of carbonyl (C=O) groups excluding carboxylic acids is 1. The highest BCUT2D eigenvalue weighted by Gasteiger charge is 2.31. The minimum absolute atomic E-state index is 0.122. The second-order valence-corrected chi connectivity index (χ2v) is 8.72. The number of hydrogen-bond donors (Lipinski definition) is 1. The zero-order valence-electron chi connectivity index (χ0n) is 18.4. The smallest absolute Gasteiger partial charge is 0.223 e. The summed E-state index contributed by atoms with van der Waals surface area (Å²) in [5.41, 5.74) is 1.22. The molecule has 1 amide bonds. The average Bonchev–Trinajstić information content (AvgIpc) is 3.60. The molecule has 1 aromatic heterocycles. The predicted molar refractivity (Wildman–Crippen MR) is 121 cm³/mol. The normalized spacial score (nSPS) is 17.3. The number of nitrogens with one attached hydrogen (secondary N) is 1. The standard InChI is InChI=1S/C25H29N5O2/c1-18(26-25(31)20-10-11-20)24-28-27-23-12-13-29(14-15-30(23)24)17-19-6-5-9-22(16-19)32-21-7-3-2-4-8-21/h2-9,16,18,20H,10-15,17H2,1H3,(H,26,31). The van der Waals surface area contributed by atoms with Crippen LogP contribution in [0.1, 0.15) is 43.0 Å². The maximum absolute atomic E-state index is 12.2. The van der Waals surface area contributed by atoms with Crippen LogP contribution < -0.4 is 10.1 Å². The van der Waals surface area contributed by atoms with Crippen LogP contribution in [-0.4, -0.2) is 38.7 Å². The van der Waals surface area contributed by atoms with Crippen molar-refractivity contribution in [2.75, 3.05) is 13.1 Å². The molecule has 7 heteroatoms. The van der Waals surface area contributed by atoms with Gasteiger partial charge < -0.3 is 14.6 Å². The van der Waals surface area contributed by atoms with E-state index < -0.39 is 0 Å². The summed E-state index contributed by atoms with van der Waals surface area (Å²) in [7, 11) is 0. The second-order valence-electron chi connectivity index (χ2n) is 8.72. The number of fused-ring (bicyclic) bond motifs is 1. The van der Waals surface area contributed by atoms with E-state index in [1.165, 1.54) is 5.56 Å². The van der Waals surface area contributed by atoms with E-state index in [2.05, 4.69) is 37.1 Å². The summed E-state index contributed by atoms with van der Waals surface area (Å²) in [5.74, 6) is 3.88. The lowest BCUT2D eigenvalue weighted by atomic mass is 10.2. The van der Waals surface area contributed by atoms with Crippen LogP contribution >= 0.6 is 0 Å². The first-order chi connectivity index (χ1) is 15.7. The summed E-state index contributed by atoms with van der Waals surface area (Å²) in [5, 5.41) is 11.9. The molecule has 1 atom stereocenters. The third kappa shape index (κ3) is 4.83. The number of aromatic nitrogens is 3. The lowest BCUT2D eigenvalue weighted by Crippen LogP contribution is -2.31. The van der Waals surface area contributed by atoms with Crippen molar-refractivity contribution in [1.82, 2.24) is 25.0 Å². The number of ether oxygens (including phenoxy) is 1. The number of para-hydroxylation sites is 1. The minimum atomic E-state index is -0.122. The second kappa shape index (κ2) is 9.12. The summed E-state index contributed by atoms with van der Waals surface area (Å²) < 4.78 is 8.18. The first-order valence-electron chi connectivity index (χ1n) is 11.4. The number of rotatable bonds is 7. The molecule has 32 heavy (non-hydrogen) atoms. The summed E-state index contributed by atoms with van der Waals surface area (Å²) in [6, 6.07) is 18.0. The van der Waals surface area contributed by atoms with Crippen LogP contribution in [0.4, 0.5) is 0 Å². The Balaban J connectivity index is 1.21. The Morgan fingerprint density at radius 1 is 1.06 bits per heavy atom. The Hall–Kier alpha value is -3.19. The Morgan fingerprint density at radius 3 is 2.69 bits per heavy atom. The fraction of sp³-hybridized carbons (Fsp3) is 0.400. The van der Waals surface area contributed by atoms with Gasteiger partial charge in [0.15, 0.2) is 5.82 Å². The molecular weight excluding hydrogens is 402 g/mol. The quantitative estimate of drug-likeness (QED) is 0.617. The van der Waals surface area contributed by atoms with Gasteiger partial charge in [0.2, 0.25) is 5.91 Å². The van der Waals surface area contributed by atoms with Gasteiger partial charge >= 0.3 is 0 Å². The number of nitrogens with zero attached hydrogens (tertiary/aromatic N) is 4. The third-order valence-corrected chi connectivity index (χ3v) is 6.13. The number of carbonyl (C=O) groups is 1. The van der Waals surface area contributed by atoms with Gasteiger partial charge in [0.25, 0.3) is 0 Å². The molecule has 1 aliphatic carbocycles. The molecule has 1 N–H and O–H groups in total. The molecule has 1 unspecified atom stereocenters. The van der Waals surface area contributed by atoms with Crippen LogP contribution in [-0.2, 0) is 24.3 Å². The molecule has 1 aliphatic heterocycles. The first kappa shape index (κ1) is 20.7. The highest BCUT2D eigenvalue weighted by atomic mass is 16.5. The van der Waals surface area contributed by atoms with Crippen molar-refractivity contribution in [3.63, 3.8) is 0 Å². The van der Waals surface area contributed by atoms with E-state index in [9.17, 15) is 4.79 Å². The molecular formula is C25H29N5O2. The van der Waals surface area contributed by atoms with Crippen molar-refractivity contribution in [3.8, 4) is 11.5 Å². The molecule has 0 saturated heterocycles. The van der Waals surface area contributed by atoms with E-state index in [1.54, 1.807) is 0 Å². The Labute approximate surface area is 188 Å². The number of hydrogen-bond acceptors (Lipinski definition) is 5. The molecule has 1 saturated carbocycles. The fourth-order valence-electron chi connectivity index (χ4n) is 4.20. The number of amides is 1. The maximum atomic E-state index is 12.2. The molecule has 2 aromatic carbocycles. The summed E-state index contributed by atoms with van der Waals surface area (Å²) >= 11 is 0. The molecule has 7 nitrogen and oxygen atoms in total. The van der Waals surface area contributed by atoms with E-state index in [0.717, 1.165) is 68.6 Å². The van der Waals surface area contributed by atoms with Crippen molar-refractivity contribution in [2.24, 2.45) is 5.92 Å². The van der Waals surface area contributed by atoms with Crippen LogP contribution in [0.3, 0.4) is 0 Å². The van der Waals surface area contributed by atoms with Crippen LogP contribution in [0, 0.1) is 5.92 Å². The highest BCUT2D eigenvalue weighted by molar-refractivity contribution is 5.81. The molecule has 166 valence electrons. The summed E-state index contributed by atoms with van der Waals surface area (Å²) in [6.07, 6.45) is 2.85. The SMILES string of the molecule is CC(NC(=O)C1CC1)c1nnc2n1CCN(Cc1cccc(Oc3ccccc3)c1)CC2. The zero-order chi connectivity index (χ0) is 21.9. The van der Waals surface area contributed by atoms with Crippen molar-refractivity contribution in [2.45, 2.75) is 45.3 Å². The lowest BCUT2D eigenvalue weighted by molar-refractivity contribution is -0.123. The summed E-state index contributed by atoms with van der Waals surface area (Å²) in [4.78, 5) is 14.6. The van der Waals surface area contributed by atoms with Crippen molar-refractivity contribution < 1.29 is 9.53 Å². The Bertz CT molecular complexity index is 1080. The first-order valence-corrected chi connectivity index (χ1v) is 11.4. The Kier molecular flexibility index (Phi) is 5.90. The van der Waals surface area contributed by atoms with Crippen LogP contribution in [0.15, 0.2) is 54.6 Å². The van der Waals surface area contributed by atoms with Gasteiger partial charge in [0.05, 0.1) is 6.04 Å². The van der Waals surface area contributed by atoms with E-state index in [0.29, 0.717) is 0 Å². The van der Waals surface area contributed by atoms with Crippen LogP contribution in [0.5, 0.6) is 11.5 Å². The maximum Gasteiger partial charge on any atom is 0.223 e. The third-order valence-electron chi connectivity index (χ3n) is 6.13. The van der Waals surface area contributed by atoms with Crippen molar-refractivity contribution in [3.05, 3.63) is 71.8 Å². The van der Waals surface area contributed by atoms with Crippen LogP contribution in [0.2, 0.25) is 0 Å². The van der Waals surface area contributed by atoms with Gasteiger partial charge in [-0.2, -0.15) is 0 Å². The molecule has 0 radical (unpaired) electrons. The van der Waals surface area contributed by atoms with E-state index in [1.807, 2.05) is 49.4 Å². The Morgan fingerprint density at radius 2 is 1.88 bits per heavy atom. The molecule has 5 rings (SSSR count). The van der Waals surface area contributed by atoms with Gasteiger partial charge in [-0.3, -0.25) is 9.69 Å². The van der Waals surface area contributed by atoms with E-state index in [-0.39, 0.29) is 17.9 Å². The average molecular weight is 432 g/mol. The van der Waals surface area contributed by atoms with Crippen molar-refractivity contribution in [1.29, 1.82) is 0 Å². The highest BCUT2D eigenvalue weighted by Crippen LogP contribution is 2.30. The van der Waals surface area contributed by atoms with E-state index >= 15 is 0 Å². The van der Waals surface area contributed by atoms with E-state index in [4.69, 9.17) is 4.74 Å². The van der Waals surface area contributed by atoms with Gasteiger partial charge in [-0.1, -0.05) is 30.3 Å². The molecule has 3 aromatic rings. The molecule has 0 bridgehead atoms. The monoisotopic (exact) mass is 431 g/mol. The van der Waals surface area contributed by atoms with Gasteiger partial charge in [0.1, 0.15) is 17.3 Å². The fourth-order valence-corrected chi connectivity index (χ4v) is 4.20. The molecule has 1 fully saturated rings. The largest absolute Gasteiger partial charge is 0.457 e. The zero-order valence-corrected chi connectivity index (χ0v) is 18.4. The van der Waals surface area contributed by atoms with Gasteiger partial charge in [-0.15, -0.1) is 10.2 Å². The van der Waals surface area contributed by atoms with Gasteiger partial charge in [0, 0.05) is 38.5 Å². The van der Waals surface area contributed by atoms with Crippen molar-refractivity contribution >= 4 is 5.91 Å². The number of benzene rings is 2. The van der Waals surface area contributed by atoms with Gasteiger partial charge in [-0.05, 0) is 49.6 Å². The minimum Gasteiger partial charge on any atom is -0.457 e. The van der Waals surface area contributed by atoms with Crippen LogP contribution in [0.25, 0.3) is 0 Å². The molecule has 2 heterocycles. The summed E-state index contributed by atoms with van der Waals surface area (Å²) in [6.45, 7) is 5.50. The lowest BCUT2D eigenvalue weighted by Gasteiger charge is -2.20. The topological polar surface area (TPSA) is 72.3 Å². The van der Waals surface area contributed by atoms with Gasteiger partial charge in [-0.25, -0.2) is 0 Å².